The molecule has 0 saturated carbocycles. The zero-order chi connectivity index (χ0) is 22.5. The number of aryl methyl sites for hydroxylation is 1. The quantitative estimate of drug-likeness (QED) is 0.191. The molecule has 2 aromatic heterocycles. The number of furan rings is 1. The van der Waals surface area contributed by atoms with Gasteiger partial charge in [0.15, 0.2) is 5.76 Å². The normalized spacial score (nSPS) is 12.1. The summed E-state index contributed by atoms with van der Waals surface area (Å²) >= 11 is 0. The highest BCUT2D eigenvalue weighted by molar-refractivity contribution is 6.11. The summed E-state index contributed by atoms with van der Waals surface area (Å²) in [5.41, 5.74) is 2.32. The third-order valence-corrected chi connectivity index (χ3v) is 4.83. The summed E-state index contributed by atoms with van der Waals surface area (Å²) in [6.45, 7) is 1.77. The molecule has 0 bridgehead atoms. The molecule has 0 aliphatic rings. The van der Waals surface area contributed by atoms with E-state index >= 15 is 0 Å². The molecule has 2 heterocycles. The number of Topliss-reactive ketones (excluding diaryl/α,β-unsaturated/α-hetero) is 1. The molecule has 4 aromatic rings. The summed E-state index contributed by atoms with van der Waals surface area (Å²) < 4.78 is 6.90. The fourth-order valence-corrected chi connectivity index (χ4v) is 3.21. The Morgan fingerprint density at radius 2 is 1.84 bits per heavy atom. The second-order valence-corrected chi connectivity index (χ2v) is 6.97. The third kappa shape index (κ3) is 4.13. The first-order chi connectivity index (χ1) is 15.6. The number of rotatable bonds is 6. The van der Waals surface area contributed by atoms with E-state index < -0.39 is 5.78 Å². The Kier molecular flexibility index (Phi) is 5.82. The minimum atomic E-state index is -0.487. The van der Waals surface area contributed by atoms with Crippen molar-refractivity contribution in [1.82, 2.24) is 9.78 Å². The Balaban J connectivity index is 1.50. The molecule has 6 heteroatoms. The van der Waals surface area contributed by atoms with E-state index in [2.05, 4.69) is 5.10 Å². The van der Waals surface area contributed by atoms with E-state index in [9.17, 15) is 15.2 Å². The van der Waals surface area contributed by atoms with Gasteiger partial charge in [0.25, 0.3) is 0 Å². The Bertz CT molecular complexity index is 1380. The van der Waals surface area contributed by atoms with Crippen LogP contribution in [0, 0.1) is 18.3 Å². The van der Waals surface area contributed by atoms with Crippen LogP contribution in [0.4, 0.5) is 0 Å². The fourth-order valence-electron chi connectivity index (χ4n) is 3.21. The lowest BCUT2D eigenvalue weighted by molar-refractivity contribution is -0.278. The van der Waals surface area contributed by atoms with E-state index in [0.29, 0.717) is 22.5 Å². The summed E-state index contributed by atoms with van der Waals surface area (Å²) in [6.07, 6.45) is 7.94. The maximum absolute atomic E-state index is 12.6. The number of benzene rings is 2. The molecule has 32 heavy (non-hydrogen) atoms. The Morgan fingerprint density at radius 1 is 1.09 bits per heavy atom. The summed E-state index contributed by atoms with van der Waals surface area (Å²) in [7, 11) is 0. The van der Waals surface area contributed by atoms with Crippen LogP contribution in [0.3, 0.4) is 0 Å². The molecule has 0 aliphatic heterocycles. The van der Waals surface area contributed by atoms with Crippen LogP contribution >= 0.6 is 0 Å². The molecular weight excluding hydrogens is 402 g/mol. The van der Waals surface area contributed by atoms with Gasteiger partial charge in [-0.2, -0.15) is 10.4 Å². The number of carbonyl (C=O) groups is 1. The van der Waals surface area contributed by atoms with Crippen molar-refractivity contribution >= 4 is 22.8 Å². The maximum atomic E-state index is 12.6. The number of fused-ring (bicyclic) bond motifs is 1. The van der Waals surface area contributed by atoms with Gasteiger partial charge in [0, 0.05) is 10.9 Å². The van der Waals surface area contributed by atoms with Crippen LogP contribution in [0.25, 0.3) is 22.7 Å². The van der Waals surface area contributed by atoms with E-state index in [-0.39, 0.29) is 17.2 Å². The molecule has 2 aromatic carbocycles. The number of aromatic nitrogens is 2. The van der Waals surface area contributed by atoms with Gasteiger partial charge in [-0.25, -0.2) is 4.68 Å². The third-order valence-electron chi connectivity index (χ3n) is 4.83. The molecule has 0 amide bonds. The lowest BCUT2D eigenvalue weighted by Gasteiger charge is -2.11. The molecule has 0 spiro atoms. The Labute approximate surface area is 184 Å². The number of nitriles is 1. The standard InChI is InChI=1S/C26H19N3O3/c1-18-22(26(31)29(28-18)21-12-5-3-6-13-21)14-7-2-4-11-20(17-27)25(30)24-16-19-10-8-9-15-23(19)32-24/h2-16,31H,1H3/p-1/b4-2+,14-7+,20-11+. The van der Waals surface area contributed by atoms with E-state index in [1.165, 1.54) is 10.8 Å². The van der Waals surface area contributed by atoms with E-state index in [1.54, 1.807) is 43.4 Å². The van der Waals surface area contributed by atoms with Gasteiger partial charge in [0.2, 0.25) is 5.78 Å². The molecule has 0 radical (unpaired) electrons. The van der Waals surface area contributed by atoms with Gasteiger partial charge in [-0.15, -0.1) is 0 Å². The van der Waals surface area contributed by atoms with E-state index in [4.69, 9.17) is 4.42 Å². The molecule has 0 N–H and O–H groups in total. The van der Waals surface area contributed by atoms with Gasteiger partial charge in [-0.1, -0.05) is 60.7 Å². The molecule has 0 aliphatic carbocycles. The highest BCUT2D eigenvalue weighted by Gasteiger charge is 2.16. The van der Waals surface area contributed by atoms with Crippen molar-refractivity contribution in [1.29, 1.82) is 5.26 Å². The van der Waals surface area contributed by atoms with Crippen LogP contribution in [0.15, 0.2) is 95.0 Å². The molecule has 4 rings (SSSR count). The second-order valence-electron chi connectivity index (χ2n) is 6.97. The van der Waals surface area contributed by atoms with Crippen molar-refractivity contribution in [3.8, 4) is 17.6 Å². The minimum absolute atomic E-state index is 0.0497. The highest BCUT2D eigenvalue weighted by Crippen LogP contribution is 2.23. The van der Waals surface area contributed by atoms with Gasteiger partial charge >= 0.3 is 0 Å². The SMILES string of the molecule is Cc1nn(-c2ccccc2)c([O-])c1/C=C/C=C/C=C(\C#N)C(=O)c1cc2ccccc2o1. The number of nitrogens with zero attached hydrogens (tertiary/aromatic N) is 3. The average Bonchev–Trinajstić information content (AvgIpc) is 3.37. The molecular formula is C26H18N3O3-. The molecule has 6 nitrogen and oxygen atoms in total. The number of allylic oxidation sites excluding steroid dienone is 5. The number of para-hydroxylation sites is 2. The Hall–Kier alpha value is -4.63. The van der Waals surface area contributed by atoms with Gasteiger partial charge < -0.3 is 9.52 Å². The summed E-state index contributed by atoms with van der Waals surface area (Å²) in [4.78, 5) is 12.6. The van der Waals surface area contributed by atoms with Gasteiger partial charge in [0.05, 0.1) is 11.4 Å². The zero-order valence-electron chi connectivity index (χ0n) is 17.2. The first-order valence-corrected chi connectivity index (χ1v) is 9.89. The molecule has 0 unspecified atom stereocenters. The molecule has 0 saturated heterocycles. The fraction of sp³-hybridized carbons (Fsp3) is 0.0385. The first kappa shape index (κ1) is 20.6. The highest BCUT2D eigenvalue weighted by atomic mass is 16.3. The summed E-state index contributed by atoms with van der Waals surface area (Å²) in [5, 5.41) is 27.1. The number of ketones is 1. The number of carbonyl (C=O) groups excluding carboxylic acids is 1. The zero-order valence-corrected chi connectivity index (χ0v) is 17.2. The van der Waals surface area contributed by atoms with Crippen LogP contribution in [-0.4, -0.2) is 15.6 Å². The van der Waals surface area contributed by atoms with E-state index in [1.807, 2.05) is 54.6 Å². The van der Waals surface area contributed by atoms with Gasteiger partial charge in [0.1, 0.15) is 17.2 Å². The van der Waals surface area contributed by atoms with E-state index in [0.717, 1.165) is 5.39 Å². The second kappa shape index (κ2) is 9.02. The maximum Gasteiger partial charge on any atom is 0.238 e. The van der Waals surface area contributed by atoms with Gasteiger partial charge in [-0.05, 0) is 43.1 Å². The van der Waals surface area contributed by atoms with Crippen molar-refractivity contribution in [3.05, 3.63) is 108 Å². The predicted octanol–water partition coefficient (Wildman–Crippen LogP) is 4.90. The van der Waals surface area contributed by atoms with Crippen molar-refractivity contribution < 1.29 is 14.3 Å². The summed E-state index contributed by atoms with van der Waals surface area (Å²) in [5.74, 6) is -0.589. The van der Waals surface area contributed by atoms with Gasteiger partial charge in [-0.3, -0.25) is 4.79 Å². The summed E-state index contributed by atoms with van der Waals surface area (Å²) in [6, 6.07) is 20.0. The van der Waals surface area contributed by atoms with Crippen LogP contribution in [-0.2, 0) is 0 Å². The molecule has 156 valence electrons. The molecule has 0 atom stereocenters. The minimum Gasteiger partial charge on any atom is -0.858 e. The van der Waals surface area contributed by atoms with Crippen LogP contribution in [0.5, 0.6) is 5.88 Å². The number of hydrogen-bond acceptors (Lipinski definition) is 5. The topological polar surface area (TPSA) is 94.9 Å². The van der Waals surface area contributed by atoms with Crippen LogP contribution in [0.1, 0.15) is 21.8 Å². The van der Waals surface area contributed by atoms with Crippen LogP contribution < -0.4 is 5.11 Å². The first-order valence-electron chi connectivity index (χ1n) is 9.89. The van der Waals surface area contributed by atoms with Crippen molar-refractivity contribution in [2.75, 3.05) is 0 Å². The van der Waals surface area contributed by atoms with Crippen molar-refractivity contribution in [2.45, 2.75) is 6.92 Å². The average molecular weight is 420 g/mol. The largest absolute Gasteiger partial charge is 0.858 e. The lowest BCUT2D eigenvalue weighted by Crippen LogP contribution is -2.03. The lowest BCUT2D eigenvalue weighted by atomic mass is 10.1. The number of hydrogen-bond donors (Lipinski definition) is 0. The monoisotopic (exact) mass is 420 g/mol. The predicted molar refractivity (Wildman–Crippen MR) is 120 cm³/mol. The molecule has 0 fully saturated rings. The smallest absolute Gasteiger partial charge is 0.238 e. The van der Waals surface area contributed by atoms with Crippen LogP contribution in [0.2, 0.25) is 0 Å². The van der Waals surface area contributed by atoms with Crippen molar-refractivity contribution in [2.24, 2.45) is 0 Å². The van der Waals surface area contributed by atoms with Crippen molar-refractivity contribution in [3.63, 3.8) is 0 Å². The Morgan fingerprint density at radius 3 is 2.59 bits per heavy atom.